The van der Waals surface area contributed by atoms with Crippen molar-refractivity contribution in [1.29, 1.82) is 0 Å². The van der Waals surface area contributed by atoms with Crippen molar-refractivity contribution in [2.75, 3.05) is 32.8 Å². The number of imide groups is 1. The standard InChI is InChI=1S/C17H26N4O4S2/c1-13(2)11-17(3)15(22)21(16(23)18-17)12-19-6-8-20(9-7-19)27(24,25)14-5-4-10-26-14/h4-5,10,13H,6-9,11-12H2,1-3H3,(H,18,23)/t17-/m1/s1. The number of urea groups is 1. The monoisotopic (exact) mass is 414 g/mol. The molecule has 0 aliphatic carbocycles. The summed E-state index contributed by atoms with van der Waals surface area (Å²) in [5.41, 5.74) is -0.865. The van der Waals surface area contributed by atoms with E-state index in [9.17, 15) is 18.0 Å². The van der Waals surface area contributed by atoms with Crippen LogP contribution in [-0.4, -0.2) is 72.8 Å². The van der Waals surface area contributed by atoms with E-state index < -0.39 is 15.6 Å². The van der Waals surface area contributed by atoms with Crippen LogP contribution < -0.4 is 5.32 Å². The lowest BCUT2D eigenvalue weighted by molar-refractivity contribution is -0.133. The van der Waals surface area contributed by atoms with Crippen LogP contribution in [0.3, 0.4) is 0 Å². The van der Waals surface area contributed by atoms with Crippen LogP contribution in [0, 0.1) is 5.92 Å². The summed E-state index contributed by atoms with van der Waals surface area (Å²) in [5.74, 6) is 0.0695. The predicted molar refractivity (Wildman–Crippen MR) is 103 cm³/mol. The molecule has 1 aromatic heterocycles. The quantitative estimate of drug-likeness (QED) is 0.710. The van der Waals surface area contributed by atoms with Crippen LogP contribution in [0.1, 0.15) is 27.2 Å². The minimum absolute atomic E-state index is 0.186. The largest absolute Gasteiger partial charge is 0.326 e. The Morgan fingerprint density at radius 3 is 2.44 bits per heavy atom. The molecule has 2 aliphatic rings. The van der Waals surface area contributed by atoms with Gasteiger partial charge in [0.05, 0.1) is 6.67 Å². The molecule has 0 spiro atoms. The number of nitrogens with zero attached hydrogens (tertiary/aromatic N) is 3. The molecule has 3 heterocycles. The highest BCUT2D eigenvalue weighted by Gasteiger charge is 2.48. The van der Waals surface area contributed by atoms with Crippen LogP contribution >= 0.6 is 11.3 Å². The number of rotatable bonds is 6. The lowest BCUT2D eigenvalue weighted by atomic mass is 9.91. The van der Waals surface area contributed by atoms with Gasteiger partial charge in [-0.05, 0) is 30.7 Å². The fraction of sp³-hybridized carbons (Fsp3) is 0.647. The maximum absolute atomic E-state index is 12.7. The Morgan fingerprint density at radius 1 is 1.22 bits per heavy atom. The molecule has 10 heteroatoms. The number of piperazine rings is 1. The van der Waals surface area contributed by atoms with E-state index in [0.29, 0.717) is 36.8 Å². The first-order valence-electron chi connectivity index (χ1n) is 9.03. The van der Waals surface area contributed by atoms with Crippen LogP contribution in [0.4, 0.5) is 4.79 Å². The smallest absolute Gasteiger partial charge is 0.323 e. The minimum atomic E-state index is -3.46. The van der Waals surface area contributed by atoms with Crippen LogP contribution in [0.25, 0.3) is 0 Å². The molecule has 150 valence electrons. The molecule has 2 fully saturated rings. The predicted octanol–water partition coefficient (Wildman–Crippen LogP) is 1.37. The molecule has 1 atom stereocenters. The zero-order valence-electron chi connectivity index (χ0n) is 15.8. The summed E-state index contributed by atoms with van der Waals surface area (Å²) in [7, 11) is -3.46. The number of hydrogen-bond donors (Lipinski definition) is 1. The Morgan fingerprint density at radius 2 is 1.89 bits per heavy atom. The van der Waals surface area contributed by atoms with Gasteiger partial charge in [0, 0.05) is 26.2 Å². The molecule has 2 aliphatic heterocycles. The molecule has 0 aromatic carbocycles. The first-order chi connectivity index (χ1) is 12.6. The van der Waals surface area contributed by atoms with Crippen LogP contribution in [0.2, 0.25) is 0 Å². The van der Waals surface area contributed by atoms with Gasteiger partial charge in [0.2, 0.25) is 0 Å². The summed E-state index contributed by atoms with van der Waals surface area (Å²) in [5, 5.41) is 4.55. The van der Waals surface area contributed by atoms with Crippen molar-refractivity contribution in [1.82, 2.24) is 19.4 Å². The zero-order chi connectivity index (χ0) is 19.8. The van der Waals surface area contributed by atoms with Gasteiger partial charge in [-0.2, -0.15) is 4.31 Å². The molecular weight excluding hydrogens is 388 g/mol. The van der Waals surface area contributed by atoms with E-state index in [0.717, 1.165) is 0 Å². The van der Waals surface area contributed by atoms with Gasteiger partial charge in [0.1, 0.15) is 9.75 Å². The number of thiophene rings is 1. The zero-order valence-corrected chi connectivity index (χ0v) is 17.5. The van der Waals surface area contributed by atoms with Crippen molar-refractivity contribution < 1.29 is 18.0 Å². The lowest BCUT2D eigenvalue weighted by Gasteiger charge is -2.35. The normalized spacial score (nSPS) is 25.4. The van der Waals surface area contributed by atoms with E-state index in [1.165, 1.54) is 20.5 Å². The van der Waals surface area contributed by atoms with E-state index in [4.69, 9.17) is 0 Å². The maximum atomic E-state index is 12.7. The second-order valence-electron chi connectivity index (χ2n) is 7.69. The van der Waals surface area contributed by atoms with Crippen molar-refractivity contribution in [3.05, 3.63) is 17.5 Å². The fourth-order valence-electron chi connectivity index (χ4n) is 3.68. The number of hydrogen-bond acceptors (Lipinski definition) is 6. The van der Waals surface area contributed by atoms with E-state index in [-0.39, 0.29) is 24.5 Å². The van der Waals surface area contributed by atoms with E-state index in [1.807, 2.05) is 18.7 Å². The highest BCUT2D eigenvalue weighted by Crippen LogP contribution is 2.26. The van der Waals surface area contributed by atoms with Crippen LogP contribution in [0.15, 0.2) is 21.7 Å². The molecule has 0 bridgehead atoms. The molecule has 3 rings (SSSR count). The number of amides is 3. The Kier molecular flexibility index (Phi) is 5.62. The minimum Gasteiger partial charge on any atom is -0.323 e. The third-order valence-corrected chi connectivity index (χ3v) is 8.20. The molecule has 2 saturated heterocycles. The Labute approximate surface area is 164 Å². The summed E-state index contributed by atoms with van der Waals surface area (Å²) in [6, 6.07) is 2.95. The molecular formula is C17H26N4O4S2. The van der Waals surface area contributed by atoms with Gasteiger partial charge in [-0.15, -0.1) is 11.3 Å². The number of nitrogens with one attached hydrogen (secondary N) is 1. The Balaban J connectivity index is 1.60. The highest BCUT2D eigenvalue weighted by atomic mass is 32.2. The summed E-state index contributed by atoms with van der Waals surface area (Å²) >= 11 is 1.21. The van der Waals surface area contributed by atoms with Gasteiger partial charge < -0.3 is 5.32 Å². The maximum Gasteiger partial charge on any atom is 0.326 e. The van der Waals surface area contributed by atoms with Crippen LogP contribution in [0.5, 0.6) is 0 Å². The van der Waals surface area contributed by atoms with Crippen molar-refractivity contribution >= 4 is 33.3 Å². The number of carbonyl (C=O) groups is 2. The molecule has 0 radical (unpaired) electrons. The molecule has 8 nitrogen and oxygen atoms in total. The lowest BCUT2D eigenvalue weighted by Crippen LogP contribution is -2.52. The van der Waals surface area contributed by atoms with Crippen molar-refractivity contribution in [2.45, 2.75) is 36.9 Å². The topological polar surface area (TPSA) is 90.0 Å². The second kappa shape index (κ2) is 7.50. The first kappa shape index (κ1) is 20.2. The summed E-state index contributed by atoms with van der Waals surface area (Å²) < 4.78 is 27.0. The third kappa shape index (κ3) is 4.03. The molecule has 3 amide bonds. The average molecular weight is 415 g/mol. The number of carbonyl (C=O) groups excluding carboxylic acids is 2. The Bertz CT molecular complexity index is 801. The van der Waals surface area contributed by atoms with Gasteiger partial charge in [-0.3, -0.25) is 9.69 Å². The van der Waals surface area contributed by atoms with Crippen molar-refractivity contribution in [3.63, 3.8) is 0 Å². The molecule has 0 saturated carbocycles. The van der Waals surface area contributed by atoms with Gasteiger partial charge >= 0.3 is 6.03 Å². The van der Waals surface area contributed by atoms with Gasteiger partial charge in [-0.25, -0.2) is 18.1 Å². The summed E-state index contributed by atoms with van der Waals surface area (Å²) in [4.78, 5) is 28.2. The highest BCUT2D eigenvalue weighted by molar-refractivity contribution is 7.91. The SMILES string of the molecule is CC(C)C[C@@]1(C)NC(=O)N(CN2CCN(S(=O)(=O)c3cccs3)CC2)C1=O. The average Bonchev–Trinajstić information content (AvgIpc) is 3.19. The van der Waals surface area contributed by atoms with Crippen molar-refractivity contribution in [2.24, 2.45) is 5.92 Å². The van der Waals surface area contributed by atoms with Crippen LogP contribution in [-0.2, 0) is 14.8 Å². The fourth-order valence-corrected chi connectivity index (χ4v) is 6.25. The summed E-state index contributed by atoms with van der Waals surface area (Å²) in [6.07, 6.45) is 0.584. The van der Waals surface area contributed by atoms with Gasteiger partial charge in [0.15, 0.2) is 0 Å². The van der Waals surface area contributed by atoms with Gasteiger partial charge in [-0.1, -0.05) is 19.9 Å². The molecule has 1 aromatic rings. The number of sulfonamides is 1. The van der Waals surface area contributed by atoms with Gasteiger partial charge in [0.25, 0.3) is 15.9 Å². The van der Waals surface area contributed by atoms with E-state index in [2.05, 4.69) is 5.32 Å². The first-order valence-corrected chi connectivity index (χ1v) is 11.4. The molecule has 27 heavy (non-hydrogen) atoms. The molecule has 0 unspecified atom stereocenters. The van der Waals surface area contributed by atoms with E-state index in [1.54, 1.807) is 24.4 Å². The third-order valence-electron chi connectivity index (χ3n) is 4.92. The molecule has 1 N–H and O–H groups in total. The summed E-state index contributed by atoms with van der Waals surface area (Å²) in [6.45, 7) is 7.61. The Hall–Kier alpha value is -1.49. The second-order valence-corrected chi connectivity index (χ2v) is 10.8. The van der Waals surface area contributed by atoms with Crippen molar-refractivity contribution in [3.8, 4) is 0 Å². The van der Waals surface area contributed by atoms with E-state index >= 15 is 0 Å².